The van der Waals surface area contributed by atoms with Crippen LogP contribution in [0.2, 0.25) is 5.02 Å². The molecule has 0 aliphatic carbocycles. The predicted octanol–water partition coefficient (Wildman–Crippen LogP) is 5.42. The third kappa shape index (κ3) is 2.68. The first-order valence-electron chi connectivity index (χ1n) is 5.65. The summed E-state index contributed by atoms with van der Waals surface area (Å²) in [7, 11) is 0. The molecule has 0 N–H and O–H groups in total. The van der Waals surface area contributed by atoms with E-state index < -0.39 is 5.38 Å². The van der Waals surface area contributed by atoms with Gasteiger partial charge in [-0.15, -0.1) is 11.6 Å². The Bertz CT molecular complexity index is 527. The lowest BCUT2D eigenvalue weighted by molar-refractivity contribution is 0.612. The van der Waals surface area contributed by atoms with Gasteiger partial charge < -0.3 is 0 Å². The van der Waals surface area contributed by atoms with Crippen molar-refractivity contribution in [2.24, 2.45) is 0 Å². The highest BCUT2D eigenvalue weighted by atomic mass is 35.5. The number of alkyl halides is 1. The first-order chi connectivity index (χ1) is 8.49. The monoisotopic (exact) mass is 282 g/mol. The summed E-state index contributed by atoms with van der Waals surface area (Å²) in [5, 5.41) is -0.0362. The third-order valence-electron chi connectivity index (χ3n) is 2.94. The maximum Gasteiger partial charge on any atom is 0.128 e. The molecular formula is C15H13Cl2F. The Morgan fingerprint density at radius 3 is 2.44 bits per heavy atom. The van der Waals surface area contributed by atoms with Crippen LogP contribution in [0.1, 0.15) is 27.6 Å². The molecule has 94 valence electrons. The van der Waals surface area contributed by atoms with Gasteiger partial charge in [-0.2, -0.15) is 0 Å². The number of benzene rings is 2. The van der Waals surface area contributed by atoms with Crippen LogP contribution in [0.3, 0.4) is 0 Å². The Morgan fingerprint density at radius 1 is 1.00 bits per heavy atom. The second-order valence-electron chi connectivity index (χ2n) is 4.39. The Hall–Kier alpha value is -1.05. The highest BCUT2D eigenvalue weighted by molar-refractivity contribution is 6.31. The van der Waals surface area contributed by atoms with Crippen molar-refractivity contribution in [1.29, 1.82) is 0 Å². The molecule has 0 heterocycles. The summed E-state index contributed by atoms with van der Waals surface area (Å²) in [5.41, 5.74) is 3.47. The summed E-state index contributed by atoms with van der Waals surface area (Å²) in [6, 6.07) is 10.4. The fourth-order valence-electron chi connectivity index (χ4n) is 1.91. The van der Waals surface area contributed by atoms with E-state index in [1.807, 2.05) is 32.0 Å². The molecule has 0 amide bonds. The van der Waals surface area contributed by atoms with Crippen LogP contribution in [0, 0.1) is 19.7 Å². The van der Waals surface area contributed by atoms with E-state index in [2.05, 4.69) is 0 Å². The number of aryl methyl sites for hydroxylation is 2. The van der Waals surface area contributed by atoms with Crippen LogP contribution in [0.4, 0.5) is 4.39 Å². The summed E-state index contributed by atoms with van der Waals surface area (Å²) in [6.07, 6.45) is 0. The summed E-state index contributed by atoms with van der Waals surface area (Å²) < 4.78 is 13.8. The molecule has 0 saturated carbocycles. The maximum atomic E-state index is 13.8. The molecule has 0 saturated heterocycles. The van der Waals surface area contributed by atoms with Crippen molar-refractivity contribution in [3.8, 4) is 0 Å². The second kappa shape index (κ2) is 5.29. The summed E-state index contributed by atoms with van der Waals surface area (Å²) in [4.78, 5) is 0. The van der Waals surface area contributed by atoms with E-state index in [-0.39, 0.29) is 5.82 Å². The van der Waals surface area contributed by atoms with Crippen molar-refractivity contribution in [1.82, 2.24) is 0 Å². The van der Waals surface area contributed by atoms with E-state index in [9.17, 15) is 4.39 Å². The van der Waals surface area contributed by atoms with Gasteiger partial charge >= 0.3 is 0 Å². The average molecular weight is 283 g/mol. The molecule has 0 nitrogen and oxygen atoms in total. The molecule has 2 aromatic carbocycles. The topological polar surface area (TPSA) is 0 Å². The maximum absolute atomic E-state index is 13.8. The van der Waals surface area contributed by atoms with Crippen LogP contribution in [-0.2, 0) is 0 Å². The predicted molar refractivity (Wildman–Crippen MR) is 75.0 cm³/mol. The van der Waals surface area contributed by atoms with Crippen LogP contribution in [0.25, 0.3) is 0 Å². The minimum atomic E-state index is -0.524. The Morgan fingerprint density at radius 2 is 1.72 bits per heavy atom. The van der Waals surface area contributed by atoms with Crippen LogP contribution in [0.5, 0.6) is 0 Å². The average Bonchev–Trinajstić information content (AvgIpc) is 2.34. The zero-order chi connectivity index (χ0) is 13.3. The second-order valence-corrected chi connectivity index (χ2v) is 5.26. The first-order valence-corrected chi connectivity index (χ1v) is 6.46. The molecule has 1 unspecified atom stereocenters. The molecule has 2 aromatic rings. The molecule has 18 heavy (non-hydrogen) atoms. The van der Waals surface area contributed by atoms with Gasteiger partial charge in [0.1, 0.15) is 5.82 Å². The van der Waals surface area contributed by atoms with Crippen LogP contribution in [-0.4, -0.2) is 0 Å². The van der Waals surface area contributed by atoms with E-state index in [1.54, 1.807) is 6.07 Å². The summed E-state index contributed by atoms with van der Waals surface area (Å²) in [6.45, 7) is 3.95. The zero-order valence-corrected chi connectivity index (χ0v) is 11.7. The minimum Gasteiger partial charge on any atom is -0.207 e. The highest BCUT2D eigenvalue weighted by Crippen LogP contribution is 2.34. The number of rotatable bonds is 2. The van der Waals surface area contributed by atoms with Gasteiger partial charge in [0.15, 0.2) is 0 Å². The molecule has 0 bridgehead atoms. The molecule has 0 fully saturated rings. The molecule has 2 rings (SSSR count). The van der Waals surface area contributed by atoms with E-state index in [0.29, 0.717) is 10.6 Å². The van der Waals surface area contributed by atoms with Gasteiger partial charge in [-0.05, 0) is 43.2 Å². The van der Waals surface area contributed by atoms with Gasteiger partial charge in [0.2, 0.25) is 0 Å². The Kier molecular flexibility index (Phi) is 3.94. The largest absolute Gasteiger partial charge is 0.207 e. The fraction of sp³-hybridized carbons (Fsp3) is 0.200. The van der Waals surface area contributed by atoms with Crippen LogP contribution in [0.15, 0.2) is 36.4 Å². The highest BCUT2D eigenvalue weighted by Gasteiger charge is 2.17. The lowest BCUT2D eigenvalue weighted by Gasteiger charge is -2.15. The molecule has 0 aromatic heterocycles. The van der Waals surface area contributed by atoms with Crippen molar-refractivity contribution >= 4 is 23.2 Å². The SMILES string of the molecule is Cc1ccc(C)c(C(Cl)c2cc(Cl)ccc2F)c1. The van der Waals surface area contributed by atoms with Crippen molar-refractivity contribution < 1.29 is 4.39 Å². The van der Waals surface area contributed by atoms with Gasteiger partial charge in [-0.1, -0.05) is 35.4 Å². The molecule has 0 spiro atoms. The van der Waals surface area contributed by atoms with Crippen LogP contribution >= 0.6 is 23.2 Å². The molecule has 3 heteroatoms. The minimum absolute atomic E-state index is 0.333. The Labute approximate surface area is 116 Å². The van der Waals surface area contributed by atoms with Gasteiger partial charge in [-0.25, -0.2) is 4.39 Å². The normalized spacial score (nSPS) is 12.5. The van der Waals surface area contributed by atoms with Gasteiger partial charge in [0.25, 0.3) is 0 Å². The summed E-state index contributed by atoms with van der Waals surface area (Å²) in [5.74, 6) is -0.333. The first kappa shape index (κ1) is 13.4. The van der Waals surface area contributed by atoms with Gasteiger partial charge in [-0.3, -0.25) is 0 Å². The van der Waals surface area contributed by atoms with Crippen molar-refractivity contribution in [3.05, 3.63) is 69.5 Å². The van der Waals surface area contributed by atoms with Gasteiger partial charge in [0, 0.05) is 10.6 Å². The summed E-state index contributed by atoms with van der Waals surface area (Å²) >= 11 is 12.3. The lowest BCUT2D eigenvalue weighted by atomic mass is 9.98. The molecular weight excluding hydrogens is 270 g/mol. The number of hydrogen-bond acceptors (Lipinski definition) is 0. The van der Waals surface area contributed by atoms with Crippen LogP contribution < -0.4 is 0 Å². The lowest BCUT2D eigenvalue weighted by Crippen LogP contribution is -2.00. The van der Waals surface area contributed by atoms with Gasteiger partial charge in [0.05, 0.1) is 5.38 Å². The van der Waals surface area contributed by atoms with Crippen molar-refractivity contribution in [3.63, 3.8) is 0 Å². The molecule has 0 aliphatic rings. The smallest absolute Gasteiger partial charge is 0.128 e. The molecule has 1 atom stereocenters. The van der Waals surface area contributed by atoms with E-state index >= 15 is 0 Å². The van der Waals surface area contributed by atoms with E-state index in [0.717, 1.165) is 16.7 Å². The van der Waals surface area contributed by atoms with Crippen molar-refractivity contribution in [2.45, 2.75) is 19.2 Å². The van der Waals surface area contributed by atoms with E-state index in [1.165, 1.54) is 12.1 Å². The molecule has 0 aliphatic heterocycles. The quantitative estimate of drug-likeness (QED) is 0.645. The Balaban J connectivity index is 2.50. The number of halogens is 3. The zero-order valence-electron chi connectivity index (χ0n) is 10.2. The third-order valence-corrected chi connectivity index (χ3v) is 3.64. The van der Waals surface area contributed by atoms with Crippen molar-refractivity contribution in [2.75, 3.05) is 0 Å². The standard InChI is InChI=1S/C15H13Cl2F/c1-9-3-4-10(2)12(7-9)15(17)13-8-11(16)5-6-14(13)18/h3-8,15H,1-2H3. The van der Waals surface area contributed by atoms with E-state index in [4.69, 9.17) is 23.2 Å². The number of hydrogen-bond donors (Lipinski definition) is 0. The molecule has 0 radical (unpaired) electrons. The fourth-order valence-corrected chi connectivity index (χ4v) is 2.49.